The van der Waals surface area contributed by atoms with Crippen molar-refractivity contribution >= 4 is 39.6 Å². The van der Waals surface area contributed by atoms with Gasteiger partial charge in [-0.05, 0) is 60.1 Å². The van der Waals surface area contributed by atoms with Crippen LogP contribution in [0.5, 0.6) is 0 Å². The summed E-state index contributed by atoms with van der Waals surface area (Å²) in [6, 6.07) is 12.2. The summed E-state index contributed by atoms with van der Waals surface area (Å²) in [4.78, 5) is 18.9. The van der Waals surface area contributed by atoms with Crippen molar-refractivity contribution in [2.24, 2.45) is 0 Å². The Kier molecular flexibility index (Phi) is 6.63. The first-order valence-electron chi connectivity index (χ1n) is 9.24. The van der Waals surface area contributed by atoms with Crippen LogP contribution >= 0.6 is 23.6 Å². The molecule has 27 heavy (non-hydrogen) atoms. The van der Waals surface area contributed by atoms with Gasteiger partial charge in [-0.1, -0.05) is 31.5 Å². The largest absolute Gasteiger partial charge is 0.363 e. The van der Waals surface area contributed by atoms with Crippen LogP contribution in [-0.2, 0) is 13.1 Å². The van der Waals surface area contributed by atoms with Crippen molar-refractivity contribution < 1.29 is 0 Å². The molecule has 0 aliphatic rings. The van der Waals surface area contributed by atoms with E-state index in [4.69, 9.17) is 12.2 Å². The highest BCUT2D eigenvalue weighted by Crippen LogP contribution is 2.17. The SMILES string of the molecule is CCCCNC(=S)N(Cc1cccs1)Cc1cc2ccc(C)cc2[nH]c1=O. The molecule has 0 radical (unpaired) electrons. The van der Waals surface area contributed by atoms with Crippen molar-refractivity contribution in [2.45, 2.75) is 39.8 Å². The summed E-state index contributed by atoms with van der Waals surface area (Å²) in [6.07, 6.45) is 2.19. The summed E-state index contributed by atoms with van der Waals surface area (Å²) in [5.41, 5.74) is 2.67. The van der Waals surface area contributed by atoms with Gasteiger partial charge in [-0.15, -0.1) is 11.3 Å². The first-order chi connectivity index (χ1) is 13.1. The molecule has 2 N–H and O–H groups in total. The lowest BCUT2D eigenvalue weighted by molar-refractivity contribution is 0.400. The van der Waals surface area contributed by atoms with Crippen LogP contribution in [0.4, 0.5) is 0 Å². The van der Waals surface area contributed by atoms with Crippen molar-refractivity contribution in [3.63, 3.8) is 0 Å². The minimum absolute atomic E-state index is 0.0550. The van der Waals surface area contributed by atoms with Crippen molar-refractivity contribution in [1.29, 1.82) is 0 Å². The summed E-state index contributed by atoms with van der Waals surface area (Å²) in [7, 11) is 0. The van der Waals surface area contributed by atoms with Gasteiger partial charge >= 0.3 is 0 Å². The van der Waals surface area contributed by atoms with Crippen molar-refractivity contribution in [2.75, 3.05) is 6.54 Å². The van der Waals surface area contributed by atoms with Gasteiger partial charge in [0, 0.05) is 22.5 Å². The molecule has 0 atom stereocenters. The third kappa shape index (κ3) is 5.17. The van der Waals surface area contributed by atoms with E-state index in [0.717, 1.165) is 41.4 Å². The Morgan fingerprint density at radius 3 is 2.85 bits per heavy atom. The molecule has 0 aliphatic heterocycles. The Morgan fingerprint density at radius 2 is 2.11 bits per heavy atom. The number of H-pyrrole nitrogens is 1. The Morgan fingerprint density at radius 1 is 1.26 bits per heavy atom. The van der Waals surface area contributed by atoms with Crippen molar-refractivity contribution in [3.8, 4) is 0 Å². The topological polar surface area (TPSA) is 48.1 Å². The average Bonchev–Trinajstić information content (AvgIpc) is 3.15. The third-order valence-corrected chi connectivity index (χ3v) is 5.72. The normalized spacial score (nSPS) is 10.9. The Bertz CT molecular complexity index is 963. The molecule has 0 aliphatic carbocycles. The van der Waals surface area contributed by atoms with Gasteiger partial charge in [0.25, 0.3) is 5.56 Å². The van der Waals surface area contributed by atoms with E-state index >= 15 is 0 Å². The molecule has 2 aromatic heterocycles. The van der Waals surface area contributed by atoms with Crippen LogP contribution in [0.3, 0.4) is 0 Å². The Balaban J connectivity index is 1.85. The number of rotatable bonds is 7. The van der Waals surface area contributed by atoms with E-state index in [1.165, 1.54) is 4.88 Å². The van der Waals surface area contributed by atoms with Crippen LogP contribution in [0.1, 0.15) is 35.8 Å². The van der Waals surface area contributed by atoms with Crippen LogP contribution < -0.4 is 10.9 Å². The molecule has 142 valence electrons. The molecule has 6 heteroatoms. The highest BCUT2D eigenvalue weighted by molar-refractivity contribution is 7.80. The zero-order valence-corrected chi connectivity index (χ0v) is 17.4. The summed E-state index contributed by atoms with van der Waals surface area (Å²) < 4.78 is 0. The first kappa shape index (κ1) is 19.6. The number of aromatic nitrogens is 1. The highest BCUT2D eigenvalue weighted by Gasteiger charge is 2.14. The number of aryl methyl sites for hydroxylation is 1. The molecule has 0 amide bonds. The van der Waals surface area contributed by atoms with Gasteiger partial charge in [-0.25, -0.2) is 0 Å². The minimum Gasteiger partial charge on any atom is -0.363 e. The smallest absolute Gasteiger partial charge is 0.253 e. The fourth-order valence-electron chi connectivity index (χ4n) is 2.96. The van der Waals surface area contributed by atoms with Crippen LogP contribution in [-0.4, -0.2) is 21.5 Å². The monoisotopic (exact) mass is 399 g/mol. The maximum absolute atomic E-state index is 12.6. The lowest BCUT2D eigenvalue weighted by atomic mass is 10.1. The molecule has 0 unspecified atom stereocenters. The molecule has 4 nitrogen and oxygen atoms in total. The number of pyridine rings is 1. The number of nitrogens with zero attached hydrogens (tertiary/aromatic N) is 1. The molecule has 2 heterocycles. The second kappa shape index (κ2) is 9.15. The summed E-state index contributed by atoms with van der Waals surface area (Å²) in [5.74, 6) is 0. The van der Waals surface area contributed by atoms with Gasteiger partial charge in [0.1, 0.15) is 0 Å². The second-order valence-electron chi connectivity index (χ2n) is 6.74. The number of unbranched alkanes of at least 4 members (excludes halogenated alkanes) is 1. The molecular formula is C21H25N3OS2. The fourth-order valence-corrected chi connectivity index (χ4v) is 3.91. The molecule has 0 spiro atoms. The zero-order valence-electron chi connectivity index (χ0n) is 15.7. The molecule has 3 rings (SSSR count). The summed E-state index contributed by atoms with van der Waals surface area (Å²) in [5, 5.41) is 7.12. The van der Waals surface area contributed by atoms with Crippen LogP contribution in [0.25, 0.3) is 10.9 Å². The van der Waals surface area contributed by atoms with Crippen LogP contribution in [0, 0.1) is 6.92 Å². The van der Waals surface area contributed by atoms with E-state index in [1.54, 1.807) is 11.3 Å². The van der Waals surface area contributed by atoms with Gasteiger partial charge in [-0.3, -0.25) is 4.79 Å². The van der Waals surface area contributed by atoms with E-state index in [1.807, 2.05) is 31.2 Å². The van der Waals surface area contributed by atoms with Crippen molar-refractivity contribution in [1.82, 2.24) is 15.2 Å². The molecule has 0 saturated heterocycles. The number of thiocarbonyl (C=S) groups is 1. The molecule has 0 bridgehead atoms. The van der Waals surface area contributed by atoms with Gasteiger partial charge in [-0.2, -0.15) is 0 Å². The van der Waals surface area contributed by atoms with Crippen LogP contribution in [0.2, 0.25) is 0 Å². The second-order valence-corrected chi connectivity index (χ2v) is 8.15. The number of aromatic amines is 1. The average molecular weight is 400 g/mol. The Labute approximate surface area is 169 Å². The number of fused-ring (bicyclic) bond motifs is 1. The van der Waals surface area contributed by atoms with Crippen molar-refractivity contribution in [3.05, 3.63) is 68.1 Å². The summed E-state index contributed by atoms with van der Waals surface area (Å²) >= 11 is 7.33. The quantitative estimate of drug-likeness (QED) is 0.451. The maximum Gasteiger partial charge on any atom is 0.253 e. The van der Waals surface area contributed by atoms with E-state index in [9.17, 15) is 4.79 Å². The van der Waals surface area contributed by atoms with Gasteiger partial charge in [0.15, 0.2) is 5.11 Å². The highest BCUT2D eigenvalue weighted by atomic mass is 32.1. The predicted molar refractivity (Wildman–Crippen MR) is 118 cm³/mol. The third-order valence-electron chi connectivity index (χ3n) is 4.46. The number of thiophene rings is 1. The minimum atomic E-state index is -0.0550. The van der Waals surface area contributed by atoms with Gasteiger partial charge in [0.2, 0.25) is 0 Å². The number of nitrogens with one attached hydrogen (secondary N) is 2. The van der Waals surface area contributed by atoms with Gasteiger partial charge in [0.05, 0.1) is 13.1 Å². The van der Waals surface area contributed by atoms with Crippen LogP contribution in [0.15, 0.2) is 46.6 Å². The lowest BCUT2D eigenvalue weighted by Gasteiger charge is -2.25. The number of hydrogen-bond donors (Lipinski definition) is 2. The number of hydrogen-bond acceptors (Lipinski definition) is 3. The molecule has 1 aromatic carbocycles. The number of benzene rings is 1. The van der Waals surface area contributed by atoms with Gasteiger partial charge < -0.3 is 15.2 Å². The van der Waals surface area contributed by atoms with E-state index in [-0.39, 0.29) is 5.56 Å². The van der Waals surface area contributed by atoms with E-state index in [2.05, 4.69) is 39.6 Å². The first-order valence-corrected chi connectivity index (χ1v) is 10.5. The fraction of sp³-hybridized carbons (Fsp3) is 0.333. The zero-order chi connectivity index (χ0) is 19.2. The molecular weight excluding hydrogens is 374 g/mol. The Hall–Kier alpha value is -2.18. The van der Waals surface area contributed by atoms with E-state index < -0.39 is 0 Å². The lowest BCUT2D eigenvalue weighted by Crippen LogP contribution is -2.40. The predicted octanol–water partition coefficient (Wildman–Crippen LogP) is 4.57. The molecule has 0 saturated carbocycles. The maximum atomic E-state index is 12.6. The summed E-state index contributed by atoms with van der Waals surface area (Å²) in [6.45, 7) is 6.21. The van der Waals surface area contributed by atoms with E-state index in [0.29, 0.717) is 18.2 Å². The molecule has 3 aromatic rings. The molecule has 0 fully saturated rings. The standard InChI is InChI=1S/C21H25N3OS2/c1-3-4-9-22-21(26)24(14-18-6-5-10-27-18)13-17-12-16-8-7-15(2)11-19(16)23-20(17)25/h5-8,10-12H,3-4,9,13-14H2,1-2H3,(H,22,26)(H,23,25).